The Morgan fingerprint density at radius 2 is 1.71 bits per heavy atom. The van der Waals surface area contributed by atoms with E-state index >= 15 is 4.39 Å². The average Bonchev–Trinajstić information content (AvgIpc) is 3.64. The summed E-state index contributed by atoms with van der Waals surface area (Å²) in [5.41, 5.74) is 6.40. The van der Waals surface area contributed by atoms with Gasteiger partial charge in [-0.1, -0.05) is 18.2 Å². The third kappa shape index (κ3) is 10.4. The van der Waals surface area contributed by atoms with Crippen molar-refractivity contribution in [1.82, 2.24) is 24.7 Å². The molecule has 3 aromatic carbocycles. The number of anilines is 1. The van der Waals surface area contributed by atoms with E-state index in [9.17, 15) is 14.7 Å². The van der Waals surface area contributed by atoms with E-state index in [-0.39, 0.29) is 67.3 Å². The van der Waals surface area contributed by atoms with Crippen LogP contribution in [0.25, 0.3) is 5.95 Å². The quantitative estimate of drug-likeness (QED) is 0.0357. The molecule has 0 saturated heterocycles. The van der Waals surface area contributed by atoms with E-state index in [0.29, 0.717) is 16.8 Å². The van der Waals surface area contributed by atoms with E-state index in [2.05, 4.69) is 30.4 Å². The maximum Gasteiger partial charge on any atom is 0.325 e. The largest absolute Gasteiger partial charge is 0.497 e. The second-order valence-electron chi connectivity index (χ2n) is 12.5. The lowest BCUT2D eigenvalue weighted by atomic mass is 9.95. The van der Waals surface area contributed by atoms with Gasteiger partial charge in [-0.15, -0.1) is 9.78 Å². The zero-order valence-corrected chi connectivity index (χ0v) is 31.0. The van der Waals surface area contributed by atoms with Gasteiger partial charge in [-0.2, -0.15) is 9.98 Å². The summed E-state index contributed by atoms with van der Waals surface area (Å²) in [4.78, 5) is 42.6. The van der Waals surface area contributed by atoms with E-state index in [1.807, 2.05) is 0 Å². The Morgan fingerprint density at radius 3 is 2.39 bits per heavy atom. The van der Waals surface area contributed by atoms with Crippen molar-refractivity contribution in [1.29, 1.82) is 0 Å². The lowest BCUT2D eigenvalue weighted by Gasteiger charge is -2.21. The van der Waals surface area contributed by atoms with Crippen LogP contribution in [0.4, 0.5) is 10.1 Å². The normalized spacial score (nSPS) is 12.1. The van der Waals surface area contributed by atoms with Gasteiger partial charge in [0, 0.05) is 47.9 Å². The summed E-state index contributed by atoms with van der Waals surface area (Å²) in [6, 6.07) is 18.0. The van der Waals surface area contributed by atoms with Gasteiger partial charge in [-0.05, 0) is 62.4 Å². The predicted molar refractivity (Wildman–Crippen MR) is 199 cm³/mol. The smallest absolute Gasteiger partial charge is 0.325 e. The summed E-state index contributed by atoms with van der Waals surface area (Å²) in [5.74, 6) is -1.90. The molecule has 0 unspecified atom stereocenters. The van der Waals surface area contributed by atoms with Crippen LogP contribution >= 0.6 is 0 Å². The van der Waals surface area contributed by atoms with Crippen molar-refractivity contribution in [3.05, 3.63) is 114 Å². The number of rotatable bonds is 19. The van der Waals surface area contributed by atoms with Gasteiger partial charge in [0.2, 0.25) is 6.79 Å². The molecule has 5 aromatic rings. The molecule has 56 heavy (non-hydrogen) atoms. The maximum absolute atomic E-state index is 16.4. The first-order valence-electron chi connectivity index (χ1n) is 17.1. The van der Waals surface area contributed by atoms with Crippen LogP contribution in [0.15, 0.2) is 90.2 Å². The lowest BCUT2D eigenvalue weighted by molar-refractivity contribution is -0.167. The Morgan fingerprint density at radius 1 is 0.982 bits per heavy atom. The van der Waals surface area contributed by atoms with Crippen LogP contribution in [0.3, 0.4) is 0 Å². The van der Waals surface area contributed by atoms with Crippen LogP contribution in [-0.2, 0) is 19.0 Å². The standard InChI is InChI=1S/C38H41FN8O9/c1-38(2,21-53-22-51-3)35(50)55-23-56-37-45-33(46-47(37)36-41-15-8-16-42-36)31(28-19-27(52-4)20-29(30(28)39)54-18-17-48)43-26-13-11-24(12-14-26)32(40)44-34(49)25-9-6-5-7-10-25/h5-16,19-20,31,43,48H,17-18,21-23H2,1-4H3,(H2,40,44,49)/t31-/m1/s1. The summed E-state index contributed by atoms with van der Waals surface area (Å²) in [6.07, 6.45) is 2.95. The van der Waals surface area contributed by atoms with Crippen molar-refractivity contribution < 1.29 is 47.5 Å². The molecule has 2 aromatic heterocycles. The van der Waals surface area contributed by atoms with Crippen LogP contribution in [0.1, 0.15) is 47.2 Å². The van der Waals surface area contributed by atoms with E-state index in [4.69, 9.17) is 34.2 Å². The number of carbonyl (C=O) groups excluding carboxylic acids is 2. The number of esters is 1. The number of aliphatic imine (C=N–C) groups is 1. The zero-order valence-electron chi connectivity index (χ0n) is 31.0. The molecule has 0 aliphatic rings. The number of amidine groups is 1. The van der Waals surface area contributed by atoms with Crippen LogP contribution < -0.4 is 25.3 Å². The Bertz CT molecular complexity index is 2100. The molecule has 5 rings (SSSR count). The summed E-state index contributed by atoms with van der Waals surface area (Å²) >= 11 is 0. The second kappa shape index (κ2) is 19.2. The predicted octanol–water partition coefficient (Wildman–Crippen LogP) is 3.85. The minimum absolute atomic E-state index is 0.00345. The van der Waals surface area contributed by atoms with E-state index < -0.39 is 35.9 Å². The van der Waals surface area contributed by atoms with Crippen molar-refractivity contribution in [3.63, 3.8) is 0 Å². The number of methoxy groups -OCH3 is 2. The highest BCUT2D eigenvalue weighted by atomic mass is 19.1. The summed E-state index contributed by atoms with van der Waals surface area (Å²) < 4.78 is 49.9. The topological polar surface area (TPSA) is 217 Å². The van der Waals surface area contributed by atoms with Gasteiger partial charge in [0.1, 0.15) is 31.0 Å². The highest BCUT2D eigenvalue weighted by molar-refractivity contribution is 6.08. The molecule has 0 bridgehead atoms. The number of aliphatic hydroxyl groups excluding tert-OH is 1. The monoisotopic (exact) mass is 772 g/mol. The number of amides is 1. The van der Waals surface area contributed by atoms with Crippen molar-refractivity contribution in [2.75, 3.05) is 52.9 Å². The van der Waals surface area contributed by atoms with Gasteiger partial charge in [-0.3, -0.25) is 9.59 Å². The number of hydrogen-bond acceptors (Lipinski definition) is 14. The number of aliphatic hydroxyl groups is 1. The molecule has 0 radical (unpaired) electrons. The Balaban J connectivity index is 1.51. The summed E-state index contributed by atoms with van der Waals surface area (Å²) in [7, 11) is 2.87. The first-order valence-corrected chi connectivity index (χ1v) is 17.1. The first kappa shape index (κ1) is 40.7. The van der Waals surface area contributed by atoms with E-state index in [1.165, 1.54) is 38.7 Å². The van der Waals surface area contributed by atoms with Crippen LogP contribution in [0, 0.1) is 11.2 Å². The minimum Gasteiger partial charge on any atom is -0.497 e. The average molecular weight is 773 g/mol. The minimum atomic E-state index is -1.18. The highest BCUT2D eigenvalue weighted by Crippen LogP contribution is 2.36. The summed E-state index contributed by atoms with van der Waals surface area (Å²) in [6.45, 7) is 2.15. The molecule has 1 amide bonds. The Kier molecular flexibility index (Phi) is 13.9. The van der Waals surface area contributed by atoms with Crippen molar-refractivity contribution in [2.45, 2.75) is 19.9 Å². The SMILES string of the molecule is COCOCC(C)(C)C(=O)OCOc1nc([C@H](Nc2ccc(C(N)=NC(=O)c3ccccc3)cc2)c2cc(OC)cc(OCCO)c2F)nn1-c1ncccn1. The van der Waals surface area contributed by atoms with Crippen molar-refractivity contribution in [2.24, 2.45) is 16.1 Å². The molecule has 294 valence electrons. The van der Waals surface area contributed by atoms with Crippen LogP contribution in [0.5, 0.6) is 17.5 Å². The van der Waals surface area contributed by atoms with Gasteiger partial charge in [-0.25, -0.2) is 14.4 Å². The molecule has 17 nitrogen and oxygen atoms in total. The van der Waals surface area contributed by atoms with Crippen molar-refractivity contribution >= 4 is 23.4 Å². The number of aromatic nitrogens is 5. The number of ether oxygens (including phenoxy) is 6. The number of halogens is 1. The van der Waals surface area contributed by atoms with Gasteiger partial charge >= 0.3 is 12.0 Å². The molecule has 0 aliphatic heterocycles. The fraction of sp³-hybridized carbons (Fsp3) is 0.289. The highest BCUT2D eigenvalue weighted by Gasteiger charge is 2.32. The molecule has 0 spiro atoms. The fourth-order valence-corrected chi connectivity index (χ4v) is 5.02. The van der Waals surface area contributed by atoms with Gasteiger partial charge < -0.3 is 44.6 Å². The third-order valence-electron chi connectivity index (χ3n) is 7.86. The summed E-state index contributed by atoms with van der Waals surface area (Å²) in [5, 5.41) is 17.2. The van der Waals surface area contributed by atoms with Gasteiger partial charge in [0.15, 0.2) is 17.4 Å². The van der Waals surface area contributed by atoms with Gasteiger partial charge in [0.25, 0.3) is 11.9 Å². The molecule has 0 saturated carbocycles. The van der Waals surface area contributed by atoms with E-state index in [0.717, 1.165) is 4.68 Å². The number of benzene rings is 3. The molecular formula is C38H41FN8O9. The van der Waals surface area contributed by atoms with Crippen LogP contribution in [-0.4, -0.2) is 95.2 Å². The second-order valence-corrected chi connectivity index (χ2v) is 12.5. The fourth-order valence-electron chi connectivity index (χ4n) is 5.02. The molecule has 0 fully saturated rings. The third-order valence-corrected chi connectivity index (χ3v) is 7.86. The lowest BCUT2D eigenvalue weighted by Crippen LogP contribution is -2.33. The first-order chi connectivity index (χ1) is 27.0. The molecule has 18 heteroatoms. The zero-order chi connectivity index (χ0) is 40.1. The molecule has 0 aliphatic carbocycles. The van der Waals surface area contributed by atoms with E-state index in [1.54, 1.807) is 74.5 Å². The van der Waals surface area contributed by atoms with Crippen molar-refractivity contribution in [3.8, 4) is 23.5 Å². The molecule has 4 N–H and O–H groups in total. The molecule has 2 heterocycles. The number of carbonyl (C=O) groups is 2. The number of hydrogen-bond donors (Lipinski definition) is 3. The molecular weight excluding hydrogens is 731 g/mol. The number of nitrogens with zero attached hydrogens (tertiary/aromatic N) is 6. The Labute approximate surface area is 321 Å². The Hall–Kier alpha value is -6.50. The molecule has 1 atom stereocenters. The maximum atomic E-state index is 16.4. The number of nitrogens with one attached hydrogen (secondary N) is 1. The van der Waals surface area contributed by atoms with Gasteiger partial charge in [0.05, 0.1) is 25.7 Å². The number of nitrogens with two attached hydrogens (primary N) is 1. The van der Waals surface area contributed by atoms with Crippen LogP contribution in [0.2, 0.25) is 0 Å².